The Morgan fingerprint density at radius 3 is 2.20 bits per heavy atom. The van der Waals surface area contributed by atoms with Gasteiger partial charge in [0, 0.05) is 10.2 Å². The fraction of sp³-hybridized carbons (Fsp3) is 0.400. The number of thioether (sulfide) groups is 1. The summed E-state index contributed by atoms with van der Waals surface area (Å²) in [5.74, 6) is 0. The Bertz CT molecular complexity index is 295. The molecule has 0 unspecified atom stereocenters. The molecule has 15 heavy (non-hydrogen) atoms. The fourth-order valence-corrected chi connectivity index (χ4v) is 1.95. The zero-order valence-corrected chi connectivity index (χ0v) is 10.3. The van der Waals surface area contributed by atoms with Crippen molar-refractivity contribution in [2.75, 3.05) is 5.33 Å². The van der Waals surface area contributed by atoms with E-state index >= 15 is 0 Å². The van der Waals surface area contributed by atoms with E-state index in [1.54, 1.807) is 12.1 Å². The smallest absolute Gasteiger partial charge is 0.160 e. The van der Waals surface area contributed by atoms with Crippen LogP contribution in [0.5, 0.6) is 0 Å². The Hall–Kier alpha value is -0.160. The molecule has 0 N–H and O–H groups in total. The highest BCUT2D eigenvalue weighted by Crippen LogP contribution is 2.36. The number of aryl methyl sites for hydroxylation is 1. The average Bonchev–Trinajstić information content (AvgIpc) is 2.14. The van der Waals surface area contributed by atoms with E-state index in [0.29, 0.717) is 0 Å². The number of hydrogen-bond acceptors (Lipinski definition) is 1. The molecule has 1 rings (SSSR count). The molecular formula is C10H10BrF3S. The zero-order valence-electron chi connectivity index (χ0n) is 7.85. The van der Waals surface area contributed by atoms with Crippen molar-refractivity contribution in [3.8, 4) is 0 Å². The molecule has 0 bridgehead atoms. The van der Waals surface area contributed by atoms with Crippen molar-refractivity contribution < 1.29 is 13.2 Å². The van der Waals surface area contributed by atoms with Gasteiger partial charge in [0.1, 0.15) is 0 Å². The maximum atomic E-state index is 12.0. The molecule has 0 fully saturated rings. The van der Waals surface area contributed by atoms with Gasteiger partial charge >= 0.3 is 5.51 Å². The predicted molar refractivity (Wildman–Crippen MR) is 60.5 cm³/mol. The Kier molecular flexibility index (Phi) is 4.99. The fourth-order valence-electron chi connectivity index (χ4n) is 1.13. The molecule has 0 spiro atoms. The highest BCUT2D eigenvalue weighted by molar-refractivity contribution is 9.09. The molecule has 0 atom stereocenters. The first-order valence-electron chi connectivity index (χ1n) is 4.42. The molecule has 1 aromatic rings. The third kappa shape index (κ3) is 5.47. The molecule has 0 saturated heterocycles. The summed E-state index contributed by atoms with van der Waals surface area (Å²) in [4.78, 5) is 0.241. The molecule has 0 aliphatic carbocycles. The van der Waals surface area contributed by atoms with Gasteiger partial charge in [-0.25, -0.2) is 0 Å². The van der Waals surface area contributed by atoms with Crippen molar-refractivity contribution >= 4 is 27.7 Å². The van der Waals surface area contributed by atoms with E-state index in [9.17, 15) is 13.2 Å². The van der Waals surface area contributed by atoms with Crippen molar-refractivity contribution in [3.63, 3.8) is 0 Å². The first-order chi connectivity index (χ1) is 7.01. The topological polar surface area (TPSA) is 0 Å². The van der Waals surface area contributed by atoms with Crippen molar-refractivity contribution in [1.29, 1.82) is 0 Å². The Balaban J connectivity index is 2.56. The highest BCUT2D eigenvalue weighted by Gasteiger charge is 2.28. The number of hydrogen-bond donors (Lipinski definition) is 0. The van der Waals surface area contributed by atoms with E-state index in [2.05, 4.69) is 15.9 Å². The highest BCUT2D eigenvalue weighted by atomic mass is 79.9. The van der Waals surface area contributed by atoms with E-state index in [0.717, 1.165) is 23.7 Å². The lowest BCUT2D eigenvalue weighted by atomic mass is 10.1. The molecule has 0 amide bonds. The summed E-state index contributed by atoms with van der Waals surface area (Å²) < 4.78 is 36.0. The second-order valence-corrected chi connectivity index (χ2v) is 4.92. The number of alkyl halides is 4. The molecule has 5 heteroatoms. The van der Waals surface area contributed by atoms with E-state index in [1.165, 1.54) is 12.1 Å². The average molecular weight is 299 g/mol. The molecule has 0 radical (unpaired) electrons. The van der Waals surface area contributed by atoms with Gasteiger partial charge in [0.25, 0.3) is 0 Å². The summed E-state index contributed by atoms with van der Waals surface area (Å²) in [6, 6.07) is 6.52. The van der Waals surface area contributed by atoms with Gasteiger partial charge in [0.2, 0.25) is 0 Å². The molecule has 0 saturated carbocycles. The van der Waals surface area contributed by atoms with Crippen LogP contribution in [0.4, 0.5) is 13.2 Å². The molecule has 0 aliphatic heterocycles. The first-order valence-corrected chi connectivity index (χ1v) is 6.36. The van der Waals surface area contributed by atoms with Gasteiger partial charge in [-0.1, -0.05) is 28.1 Å². The third-order valence-electron chi connectivity index (χ3n) is 1.76. The van der Waals surface area contributed by atoms with Crippen molar-refractivity contribution in [3.05, 3.63) is 29.8 Å². The Morgan fingerprint density at radius 1 is 1.13 bits per heavy atom. The van der Waals surface area contributed by atoms with Gasteiger partial charge in [-0.3, -0.25) is 0 Å². The first kappa shape index (κ1) is 12.9. The lowest BCUT2D eigenvalue weighted by Crippen LogP contribution is -1.98. The summed E-state index contributed by atoms with van der Waals surface area (Å²) in [7, 11) is 0. The maximum absolute atomic E-state index is 12.0. The molecule has 0 aromatic heterocycles. The van der Waals surface area contributed by atoms with Crippen LogP contribution in [0, 0.1) is 0 Å². The lowest BCUT2D eigenvalue weighted by molar-refractivity contribution is -0.0328. The van der Waals surface area contributed by atoms with Crippen molar-refractivity contribution in [2.24, 2.45) is 0 Å². The van der Waals surface area contributed by atoms with Crippen LogP contribution >= 0.6 is 27.7 Å². The van der Waals surface area contributed by atoms with Crippen LogP contribution in [0.25, 0.3) is 0 Å². The lowest BCUT2D eigenvalue weighted by Gasteiger charge is -2.06. The zero-order chi connectivity index (χ0) is 11.3. The van der Waals surface area contributed by atoms with Crippen LogP contribution in [0.3, 0.4) is 0 Å². The molecule has 0 aliphatic rings. The monoisotopic (exact) mass is 298 g/mol. The summed E-state index contributed by atoms with van der Waals surface area (Å²) in [6.07, 6.45) is 1.88. The summed E-state index contributed by atoms with van der Waals surface area (Å²) in [5.41, 5.74) is -3.13. The van der Waals surface area contributed by atoms with Crippen molar-refractivity contribution in [1.82, 2.24) is 0 Å². The van der Waals surface area contributed by atoms with E-state index in [4.69, 9.17) is 0 Å². The SMILES string of the molecule is FC(F)(F)Sc1ccc(CCCBr)cc1. The van der Waals surface area contributed by atoms with Gasteiger partial charge in [-0.15, -0.1) is 0 Å². The van der Waals surface area contributed by atoms with E-state index < -0.39 is 5.51 Å². The van der Waals surface area contributed by atoms with Crippen LogP contribution in [0.1, 0.15) is 12.0 Å². The van der Waals surface area contributed by atoms with E-state index in [-0.39, 0.29) is 16.7 Å². The largest absolute Gasteiger partial charge is 0.446 e. The summed E-state index contributed by atoms with van der Waals surface area (Å²) in [6.45, 7) is 0. The molecule has 0 nitrogen and oxygen atoms in total. The predicted octanol–water partition coefficient (Wildman–Crippen LogP) is 4.63. The van der Waals surface area contributed by atoms with Gasteiger partial charge in [-0.05, 0) is 42.3 Å². The van der Waals surface area contributed by atoms with Crippen LogP contribution < -0.4 is 0 Å². The number of halogens is 4. The minimum atomic E-state index is -4.20. The summed E-state index contributed by atoms with van der Waals surface area (Å²) >= 11 is 3.23. The molecular weight excluding hydrogens is 289 g/mol. The molecule has 84 valence electrons. The van der Waals surface area contributed by atoms with Crippen molar-refractivity contribution in [2.45, 2.75) is 23.2 Å². The van der Waals surface area contributed by atoms with Crippen LogP contribution in [-0.4, -0.2) is 10.8 Å². The second kappa shape index (κ2) is 5.80. The maximum Gasteiger partial charge on any atom is 0.446 e. The van der Waals surface area contributed by atoms with Crippen LogP contribution in [0.15, 0.2) is 29.2 Å². The number of rotatable bonds is 4. The van der Waals surface area contributed by atoms with Crippen LogP contribution in [-0.2, 0) is 6.42 Å². The minimum absolute atomic E-state index is 0.0760. The second-order valence-electron chi connectivity index (χ2n) is 2.98. The normalized spacial score (nSPS) is 11.7. The van der Waals surface area contributed by atoms with E-state index in [1.807, 2.05) is 0 Å². The summed E-state index contributed by atoms with van der Waals surface area (Å²) in [5, 5.41) is 0.909. The van der Waals surface area contributed by atoms with Gasteiger partial charge in [0.05, 0.1) is 0 Å². The van der Waals surface area contributed by atoms with Gasteiger partial charge < -0.3 is 0 Å². The molecule has 0 heterocycles. The third-order valence-corrected chi connectivity index (χ3v) is 3.06. The van der Waals surface area contributed by atoms with Crippen LogP contribution in [0.2, 0.25) is 0 Å². The minimum Gasteiger partial charge on any atom is -0.160 e. The molecule has 1 aromatic carbocycles. The Morgan fingerprint density at radius 2 is 1.73 bits per heavy atom. The standard InChI is InChI=1S/C10H10BrF3S/c11-7-1-2-8-3-5-9(6-4-8)15-10(12,13)14/h3-6H,1-2,7H2. The Labute approximate surface area is 99.4 Å². The quantitative estimate of drug-likeness (QED) is 0.577. The van der Waals surface area contributed by atoms with Gasteiger partial charge in [0.15, 0.2) is 0 Å². The number of benzene rings is 1. The van der Waals surface area contributed by atoms with Gasteiger partial charge in [-0.2, -0.15) is 13.2 Å².